The van der Waals surface area contributed by atoms with Gasteiger partial charge in [0.1, 0.15) is 17.9 Å². The molecular formula is C19H27N4+. The Kier molecular flexibility index (Phi) is 4.28. The van der Waals surface area contributed by atoms with Crippen molar-refractivity contribution in [2.45, 2.75) is 20.3 Å². The minimum Gasteiger partial charge on any atom is -0.399 e. The third-order valence-electron chi connectivity index (χ3n) is 5.06. The number of hydrogen-bond acceptors (Lipinski definition) is 3. The predicted octanol–water partition coefficient (Wildman–Crippen LogP) is 3.10. The van der Waals surface area contributed by atoms with E-state index in [-0.39, 0.29) is 0 Å². The molecule has 4 nitrogen and oxygen atoms in total. The summed E-state index contributed by atoms with van der Waals surface area (Å²) in [7, 11) is 0. The summed E-state index contributed by atoms with van der Waals surface area (Å²) in [6.45, 7) is 8.36. The Morgan fingerprint density at radius 3 is 1.91 bits per heavy atom. The molecule has 2 aromatic rings. The van der Waals surface area contributed by atoms with E-state index in [1.54, 1.807) is 0 Å². The van der Waals surface area contributed by atoms with Crippen molar-refractivity contribution >= 4 is 22.7 Å². The second kappa shape index (κ2) is 6.22. The van der Waals surface area contributed by atoms with E-state index in [0.717, 1.165) is 59.6 Å². The number of anilines is 2. The first-order valence-corrected chi connectivity index (χ1v) is 8.34. The first-order chi connectivity index (χ1) is 11.0. The van der Waals surface area contributed by atoms with Crippen LogP contribution in [0, 0.1) is 13.8 Å². The van der Waals surface area contributed by atoms with E-state index >= 15 is 0 Å². The maximum Gasteiger partial charge on any atom is 0.138 e. The molecule has 0 saturated carbocycles. The van der Waals surface area contributed by atoms with Crippen molar-refractivity contribution in [2.24, 2.45) is 0 Å². The lowest BCUT2D eigenvalue weighted by atomic mass is 10.1. The molecule has 3 rings (SSSR count). The Hall–Kier alpha value is -2.04. The van der Waals surface area contributed by atoms with Gasteiger partial charge in [-0.1, -0.05) is 0 Å². The second-order valence-electron chi connectivity index (χ2n) is 6.60. The van der Waals surface area contributed by atoms with E-state index in [1.165, 1.54) is 11.4 Å². The van der Waals surface area contributed by atoms with Crippen LogP contribution in [0.2, 0.25) is 0 Å². The molecule has 1 heterocycles. The van der Waals surface area contributed by atoms with Crippen LogP contribution in [0.15, 0.2) is 36.4 Å². The van der Waals surface area contributed by atoms with E-state index in [9.17, 15) is 0 Å². The van der Waals surface area contributed by atoms with Crippen LogP contribution >= 0.6 is 0 Å². The molecule has 0 aromatic heterocycles. The van der Waals surface area contributed by atoms with Crippen LogP contribution in [0.4, 0.5) is 22.7 Å². The maximum atomic E-state index is 6.04. The number of nitrogen functional groups attached to an aromatic ring is 2. The SMILES string of the molecule is Cc1cc([N+]2(c3ccc(N)c(C)c3)CCCNCC2)ccc1N. The van der Waals surface area contributed by atoms with Gasteiger partial charge in [0.2, 0.25) is 0 Å². The summed E-state index contributed by atoms with van der Waals surface area (Å²) in [6, 6.07) is 12.9. The molecule has 4 heteroatoms. The summed E-state index contributed by atoms with van der Waals surface area (Å²) in [5.41, 5.74) is 18.7. The Balaban J connectivity index is 2.16. The lowest BCUT2D eigenvalue weighted by molar-refractivity contribution is 0.404. The van der Waals surface area contributed by atoms with Crippen molar-refractivity contribution in [3.05, 3.63) is 47.5 Å². The van der Waals surface area contributed by atoms with Gasteiger partial charge in [-0.05, 0) is 37.1 Å². The number of aryl methyl sites for hydroxylation is 2. The first-order valence-electron chi connectivity index (χ1n) is 8.34. The molecule has 1 fully saturated rings. The number of nitrogens with two attached hydrogens (primary N) is 2. The normalized spacial score (nSPS) is 17.7. The zero-order valence-corrected chi connectivity index (χ0v) is 14.1. The van der Waals surface area contributed by atoms with Gasteiger partial charge in [-0.15, -0.1) is 0 Å². The van der Waals surface area contributed by atoms with Crippen LogP contribution in [-0.2, 0) is 0 Å². The van der Waals surface area contributed by atoms with Gasteiger partial charge in [-0.2, -0.15) is 0 Å². The summed E-state index contributed by atoms with van der Waals surface area (Å²) in [5.74, 6) is 0. The van der Waals surface area contributed by atoms with Gasteiger partial charge in [0, 0.05) is 55.2 Å². The van der Waals surface area contributed by atoms with Crippen molar-refractivity contribution in [3.8, 4) is 0 Å². The highest BCUT2D eigenvalue weighted by Crippen LogP contribution is 2.38. The van der Waals surface area contributed by atoms with Gasteiger partial charge in [0.25, 0.3) is 0 Å². The minimum absolute atomic E-state index is 0.855. The number of benzene rings is 2. The van der Waals surface area contributed by atoms with Crippen LogP contribution in [0.25, 0.3) is 0 Å². The molecule has 0 bridgehead atoms. The minimum atomic E-state index is 0.855. The molecule has 1 aliphatic heterocycles. The molecule has 0 atom stereocenters. The highest BCUT2D eigenvalue weighted by molar-refractivity contribution is 5.66. The average Bonchev–Trinajstić information content (AvgIpc) is 2.79. The monoisotopic (exact) mass is 311 g/mol. The molecule has 0 radical (unpaired) electrons. The summed E-state index contributed by atoms with van der Waals surface area (Å²) in [4.78, 5) is 0. The number of nitrogens with one attached hydrogen (secondary N) is 1. The fourth-order valence-electron chi connectivity index (χ4n) is 3.50. The second-order valence-corrected chi connectivity index (χ2v) is 6.60. The van der Waals surface area contributed by atoms with Crippen molar-refractivity contribution in [1.82, 2.24) is 9.80 Å². The molecule has 0 aliphatic carbocycles. The maximum absolute atomic E-state index is 6.04. The van der Waals surface area contributed by atoms with Crippen LogP contribution in [0.3, 0.4) is 0 Å². The van der Waals surface area contributed by atoms with E-state index in [4.69, 9.17) is 11.5 Å². The van der Waals surface area contributed by atoms with Crippen LogP contribution < -0.4 is 21.3 Å². The molecule has 5 N–H and O–H groups in total. The third-order valence-corrected chi connectivity index (χ3v) is 5.06. The smallest absolute Gasteiger partial charge is 0.138 e. The van der Waals surface area contributed by atoms with E-state index in [1.807, 2.05) is 12.1 Å². The van der Waals surface area contributed by atoms with Crippen molar-refractivity contribution in [3.63, 3.8) is 0 Å². The molecule has 1 aliphatic rings. The molecule has 1 saturated heterocycles. The van der Waals surface area contributed by atoms with Gasteiger partial charge in [0.05, 0.1) is 6.54 Å². The molecular weight excluding hydrogens is 284 g/mol. The largest absolute Gasteiger partial charge is 0.399 e. The van der Waals surface area contributed by atoms with Gasteiger partial charge >= 0.3 is 0 Å². The number of nitrogens with zero attached hydrogens (tertiary/aromatic N) is 1. The first kappa shape index (κ1) is 15.8. The molecule has 122 valence electrons. The quantitative estimate of drug-likeness (QED) is 0.590. The Labute approximate surface area is 138 Å². The topological polar surface area (TPSA) is 64.1 Å². The zero-order chi connectivity index (χ0) is 16.4. The van der Waals surface area contributed by atoms with Gasteiger partial charge in [0.15, 0.2) is 0 Å². The summed E-state index contributed by atoms with van der Waals surface area (Å²) in [5, 5.41) is 3.53. The summed E-state index contributed by atoms with van der Waals surface area (Å²) >= 11 is 0. The lowest BCUT2D eigenvalue weighted by Crippen LogP contribution is -2.47. The summed E-state index contributed by atoms with van der Waals surface area (Å²) in [6.07, 6.45) is 1.15. The Bertz CT molecular complexity index is 647. The standard InChI is InChI=1S/C19H27N4/c1-14-12-16(4-6-18(14)20)23(10-3-8-22-9-11-23)17-5-7-19(21)15(2)13-17/h4-7,12-13,22H,3,8-11,20-21H2,1-2H3/q+1. The fourth-order valence-corrected chi connectivity index (χ4v) is 3.50. The van der Waals surface area contributed by atoms with Gasteiger partial charge in [-0.3, -0.25) is 4.48 Å². The van der Waals surface area contributed by atoms with E-state index < -0.39 is 0 Å². The van der Waals surface area contributed by atoms with Crippen molar-refractivity contribution in [2.75, 3.05) is 37.6 Å². The average molecular weight is 311 g/mol. The Morgan fingerprint density at radius 1 is 0.826 bits per heavy atom. The number of hydrogen-bond donors (Lipinski definition) is 3. The number of quaternary nitrogens is 1. The van der Waals surface area contributed by atoms with Crippen molar-refractivity contribution < 1.29 is 0 Å². The van der Waals surface area contributed by atoms with Crippen LogP contribution in [0.5, 0.6) is 0 Å². The summed E-state index contributed by atoms with van der Waals surface area (Å²) < 4.78 is 0.856. The molecule has 0 spiro atoms. The predicted molar refractivity (Wildman–Crippen MR) is 99.9 cm³/mol. The van der Waals surface area contributed by atoms with Crippen molar-refractivity contribution in [1.29, 1.82) is 0 Å². The molecule has 0 unspecified atom stereocenters. The van der Waals surface area contributed by atoms with Crippen LogP contribution in [-0.4, -0.2) is 26.2 Å². The Morgan fingerprint density at radius 2 is 1.39 bits per heavy atom. The molecule has 2 aromatic carbocycles. The van der Waals surface area contributed by atoms with Gasteiger partial charge < -0.3 is 16.8 Å². The van der Waals surface area contributed by atoms with Gasteiger partial charge in [-0.25, -0.2) is 0 Å². The molecule has 23 heavy (non-hydrogen) atoms. The fraction of sp³-hybridized carbons (Fsp3) is 0.368. The number of rotatable bonds is 2. The highest BCUT2D eigenvalue weighted by atomic mass is 15.4. The zero-order valence-electron chi connectivity index (χ0n) is 14.1. The molecule has 0 amide bonds. The highest BCUT2D eigenvalue weighted by Gasteiger charge is 2.34. The van der Waals surface area contributed by atoms with E-state index in [2.05, 4.69) is 43.4 Å². The van der Waals surface area contributed by atoms with E-state index in [0.29, 0.717) is 0 Å². The lowest BCUT2D eigenvalue weighted by Gasteiger charge is -2.37. The van der Waals surface area contributed by atoms with Crippen LogP contribution in [0.1, 0.15) is 17.5 Å². The third kappa shape index (κ3) is 2.92.